The van der Waals surface area contributed by atoms with Crippen LogP contribution in [0.4, 0.5) is 4.79 Å². The molecule has 2 aliphatic rings. The second-order valence-electron chi connectivity index (χ2n) is 7.24. The molecule has 0 radical (unpaired) electrons. The highest BCUT2D eigenvalue weighted by Gasteiger charge is 2.61. The molecule has 7 nitrogen and oxygen atoms in total. The van der Waals surface area contributed by atoms with Crippen molar-refractivity contribution in [2.45, 2.75) is 12.8 Å². The number of imide groups is 2. The molecule has 2 aromatic carbocycles. The van der Waals surface area contributed by atoms with E-state index in [9.17, 15) is 22.8 Å². The van der Waals surface area contributed by atoms with E-state index in [-0.39, 0.29) is 5.57 Å². The lowest BCUT2D eigenvalue weighted by Crippen LogP contribution is -2.66. The highest BCUT2D eigenvalue weighted by molar-refractivity contribution is 7.94. The number of aryl methyl sites for hydroxylation is 1. The van der Waals surface area contributed by atoms with Crippen LogP contribution in [0.5, 0.6) is 0 Å². The number of hydrogen-bond donors (Lipinski definition) is 2. The Morgan fingerprint density at radius 1 is 0.897 bits per heavy atom. The van der Waals surface area contributed by atoms with Crippen molar-refractivity contribution in [1.82, 2.24) is 10.6 Å². The molecule has 2 aromatic rings. The molecule has 4 rings (SSSR count). The van der Waals surface area contributed by atoms with E-state index in [0.717, 1.165) is 11.0 Å². The monoisotopic (exact) mass is 410 g/mol. The number of benzene rings is 2. The number of rotatable bonds is 2. The molecule has 2 aliphatic heterocycles. The first-order chi connectivity index (χ1) is 13.7. The van der Waals surface area contributed by atoms with E-state index in [1.165, 1.54) is 0 Å². The van der Waals surface area contributed by atoms with Crippen LogP contribution in [-0.4, -0.2) is 32.0 Å². The molecule has 2 heterocycles. The second kappa shape index (κ2) is 6.66. The summed E-state index contributed by atoms with van der Waals surface area (Å²) in [5.41, 5.74) is 0.0638. The zero-order valence-electron chi connectivity index (χ0n) is 15.5. The van der Waals surface area contributed by atoms with Crippen LogP contribution in [0.2, 0.25) is 0 Å². The van der Waals surface area contributed by atoms with Crippen molar-refractivity contribution in [3.05, 3.63) is 76.7 Å². The zero-order chi connectivity index (χ0) is 20.8. The molecule has 1 atom stereocenters. The van der Waals surface area contributed by atoms with Gasteiger partial charge in [0.2, 0.25) is 11.8 Å². The van der Waals surface area contributed by atoms with Gasteiger partial charge in [-0.3, -0.25) is 20.2 Å². The lowest BCUT2D eigenvalue weighted by molar-refractivity contribution is -0.141. The van der Waals surface area contributed by atoms with Gasteiger partial charge in [0, 0.05) is 11.3 Å². The van der Waals surface area contributed by atoms with Crippen molar-refractivity contribution in [1.29, 1.82) is 0 Å². The third-order valence-corrected chi connectivity index (χ3v) is 6.77. The minimum Gasteiger partial charge on any atom is -0.277 e. The number of carbonyl (C=O) groups is 3. The van der Waals surface area contributed by atoms with Gasteiger partial charge >= 0.3 is 6.03 Å². The van der Waals surface area contributed by atoms with Crippen molar-refractivity contribution in [2.75, 3.05) is 5.75 Å². The maximum atomic E-state index is 13.2. The van der Waals surface area contributed by atoms with E-state index < -0.39 is 44.8 Å². The van der Waals surface area contributed by atoms with Crippen molar-refractivity contribution < 1.29 is 22.8 Å². The molecule has 1 fully saturated rings. The van der Waals surface area contributed by atoms with Crippen LogP contribution in [-0.2, 0) is 19.4 Å². The van der Waals surface area contributed by atoms with Gasteiger partial charge in [-0.15, -0.1) is 0 Å². The van der Waals surface area contributed by atoms with Crippen LogP contribution in [0.1, 0.15) is 22.6 Å². The summed E-state index contributed by atoms with van der Waals surface area (Å²) in [6, 6.07) is 14.5. The Hall–Kier alpha value is -3.26. The average molecular weight is 410 g/mol. The van der Waals surface area contributed by atoms with E-state index in [0.29, 0.717) is 11.1 Å². The largest absolute Gasteiger partial charge is 0.328 e. The molecular formula is C21H18N2O5S. The van der Waals surface area contributed by atoms with Crippen LogP contribution in [0.25, 0.3) is 5.57 Å². The summed E-state index contributed by atoms with van der Waals surface area (Å²) >= 11 is 0. The maximum absolute atomic E-state index is 13.2. The lowest BCUT2D eigenvalue weighted by Gasteiger charge is -2.44. The highest BCUT2D eigenvalue weighted by Crippen LogP contribution is 2.52. The van der Waals surface area contributed by atoms with Crippen molar-refractivity contribution >= 4 is 33.3 Å². The van der Waals surface area contributed by atoms with E-state index >= 15 is 0 Å². The SMILES string of the molecule is Cc1ccc(C2CS(=O)(=O)C=C(c3ccccc3)C23C(=O)NC(=O)NC3=O)cc1. The summed E-state index contributed by atoms with van der Waals surface area (Å²) in [6.07, 6.45) is 0. The van der Waals surface area contributed by atoms with Gasteiger partial charge in [-0.2, -0.15) is 0 Å². The van der Waals surface area contributed by atoms with Gasteiger partial charge in [-0.05, 0) is 23.6 Å². The van der Waals surface area contributed by atoms with Crippen LogP contribution in [0, 0.1) is 12.3 Å². The Morgan fingerprint density at radius 3 is 2.07 bits per heavy atom. The molecule has 2 N–H and O–H groups in total. The molecule has 0 aliphatic carbocycles. The molecule has 1 saturated heterocycles. The fraction of sp³-hybridized carbons (Fsp3) is 0.190. The molecule has 4 amide bonds. The summed E-state index contributed by atoms with van der Waals surface area (Å²) < 4.78 is 25.6. The summed E-state index contributed by atoms with van der Waals surface area (Å²) in [6.45, 7) is 1.88. The highest BCUT2D eigenvalue weighted by atomic mass is 32.2. The number of nitrogens with one attached hydrogen (secondary N) is 2. The molecule has 0 bridgehead atoms. The minimum atomic E-state index is -3.73. The van der Waals surface area contributed by atoms with Crippen molar-refractivity contribution in [3.8, 4) is 0 Å². The first-order valence-corrected chi connectivity index (χ1v) is 10.7. The summed E-state index contributed by atoms with van der Waals surface area (Å²) in [5.74, 6) is -3.09. The molecule has 0 saturated carbocycles. The normalized spacial score (nSPS) is 22.6. The summed E-state index contributed by atoms with van der Waals surface area (Å²) in [5, 5.41) is 5.31. The minimum absolute atomic E-state index is 0.0532. The Bertz CT molecular complexity index is 1130. The van der Waals surface area contributed by atoms with Crippen LogP contribution in [0.15, 0.2) is 60.0 Å². The number of sulfone groups is 1. The average Bonchev–Trinajstić information content (AvgIpc) is 2.67. The van der Waals surface area contributed by atoms with Crippen LogP contribution < -0.4 is 10.6 Å². The van der Waals surface area contributed by atoms with Gasteiger partial charge < -0.3 is 0 Å². The third-order valence-electron chi connectivity index (χ3n) is 5.38. The number of barbiturate groups is 1. The van der Waals surface area contributed by atoms with E-state index in [1.54, 1.807) is 54.6 Å². The molecule has 29 heavy (non-hydrogen) atoms. The van der Waals surface area contributed by atoms with E-state index in [1.807, 2.05) is 6.92 Å². The van der Waals surface area contributed by atoms with Crippen molar-refractivity contribution in [2.24, 2.45) is 5.41 Å². The van der Waals surface area contributed by atoms with Gasteiger partial charge in [0.15, 0.2) is 15.3 Å². The predicted octanol–water partition coefficient (Wildman–Crippen LogP) is 1.90. The molecule has 148 valence electrons. The molecule has 0 aromatic heterocycles. The van der Waals surface area contributed by atoms with Crippen molar-refractivity contribution in [3.63, 3.8) is 0 Å². The van der Waals surface area contributed by atoms with Gasteiger partial charge in [0.05, 0.1) is 5.75 Å². The van der Waals surface area contributed by atoms with Gasteiger partial charge in [0.1, 0.15) is 0 Å². The Balaban J connectivity index is 2.04. The maximum Gasteiger partial charge on any atom is 0.328 e. The first-order valence-electron chi connectivity index (χ1n) is 8.98. The Labute approximate surface area is 167 Å². The first kappa shape index (κ1) is 19.1. The molecule has 1 unspecified atom stereocenters. The fourth-order valence-electron chi connectivity index (χ4n) is 4.02. The third kappa shape index (κ3) is 3.05. The van der Waals surface area contributed by atoms with E-state index in [2.05, 4.69) is 10.6 Å². The van der Waals surface area contributed by atoms with Crippen LogP contribution >= 0.6 is 0 Å². The van der Waals surface area contributed by atoms with Gasteiger partial charge in [-0.25, -0.2) is 13.2 Å². The molecule has 1 spiro atoms. The predicted molar refractivity (Wildman–Crippen MR) is 106 cm³/mol. The number of hydrogen-bond acceptors (Lipinski definition) is 5. The number of urea groups is 1. The molecular weight excluding hydrogens is 392 g/mol. The smallest absolute Gasteiger partial charge is 0.277 e. The van der Waals surface area contributed by atoms with Gasteiger partial charge in [0.25, 0.3) is 0 Å². The Morgan fingerprint density at radius 2 is 1.48 bits per heavy atom. The number of amides is 4. The lowest BCUT2D eigenvalue weighted by atomic mass is 9.64. The van der Waals surface area contributed by atoms with Gasteiger partial charge in [-0.1, -0.05) is 60.2 Å². The molecule has 8 heteroatoms. The summed E-state index contributed by atoms with van der Waals surface area (Å²) in [7, 11) is -3.73. The second-order valence-corrected chi connectivity index (χ2v) is 9.13. The van der Waals surface area contributed by atoms with E-state index in [4.69, 9.17) is 0 Å². The van der Waals surface area contributed by atoms with Crippen LogP contribution in [0.3, 0.4) is 0 Å². The topological polar surface area (TPSA) is 109 Å². The standard InChI is InChI=1S/C21H18N2O5S/c1-13-7-9-15(10-8-13)17-12-29(27,28)11-16(14-5-3-2-4-6-14)21(17)18(24)22-20(26)23-19(21)25/h2-11,17H,12H2,1H3,(H2,22,23,24,25,26). The summed E-state index contributed by atoms with van der Waals surface area (Å²) in [4.78, 5) is 38.2. The quantitative estimate of drug-likeness (QED) is 0.735. The Kier molecular flexibility index (Phi) is 4.38. The fourth-order valence-corrected chi connectivity index (χ4v) is 5.71. The number of carbonyl (C=O) groups excluding carboxylic acids is 3. The zero-order valence-corrected chi connectivity index (χ0v) is 16.3.